The Morgan fingerprint density at radius 3 is 2.22 bits per heavy atom. The van der Waals surface area contributed by atoms with Crippen molar-refractivity contribution < 1.29 is 14.2 Å². The predicted octanol–water partition coefficient (Wildman–Crippen LogP) is 4.77. The molecule has 27 heavy (non-hydrogen) atoms. The first-order valence-corrected chi connectivity index (χ1v) is 9.70. The fourth-order valence-corrected chi connectivity index (χ4v) is 3.94. The van der Waals surface area contributed by atoms with Crippen LogP contribution in [0.15, 0.2) is 54.6 Å². The van der Waals surface area contributed by atoms with Crippen LogP contribution in [0, 0.1) is 0 Å². The maximum absolute atomic E-state index is 5.49. The van der Waals surface area contributed by atoms with E-state index in [9.17, 15) is 0 Å². The fourth-order valence-electron chi connectivity index (χ4n) is 2.95. The molecule has 0 aliphatic heterocycles. The van der Waals surface area contributed by atoms with Gasteiger partial charge in [-0.1, -0.05) is 30.3 Å². The van der Waals surface area contributed by atoms with Crippen LogP contribution < -0.4 is 19.5 Å². The molecule has 3 aromatic rings. The van der Waals surface area contributed by atoms with Gasteiger partial charge in [-0.15, -0.1) is 11.3 Å². The highest BCUT2D eigenvalue weighted by Gasteiger charge is 2.11. The highest BCUT2D eigenvalue weighted by Crippen LogP contribution is 2.34. The molecule has 0 radical (unpaired) electrons. The molecule has 5 heteroatoms. The summed E-state index contributed by atoms with van der Waals surface area (Å²) in [5, 5.41) is 3.52. The molecule has 0 saturated heterocycles. The predicted molar refractivity (Wildman–Crippen MR) is 111 cm³/mol. The van der Waals surface area contributed by atoms with Crippen LogP contribution >= 0.6 is 11.3 Å². The molecule has 0 saturated carbocycles. The van der Waals surface area contributed by atoms with Crippen molar-refractivity contribution in [2.75, 3.05) is 27.9 Å². The quantitative estimate of drug-likeness (QED) is 0.540. The van der Waals surface area contributed by atoms with Crippen LogP contribution in [0.4, 0.5) is 0 Å². The third-order valence-corrected chi connectivity index (χ3v) is 5.51. The van der Waals surface area contributed by atoms with Gasteiger partial charge < -0.3 is 19.5 Å². The Hall–Kier alpha value is -2.50. The number of rotatable bonds is 9. The number of nitrogens with one attached hydrogen (secondary N) is 1. The average Bonchev–Trinajstić information content (AvgIpc) is 3.20. The number of hydrogen-bond acceptors (Lipinski definition) is 5. The van der Waals surface area contributed by atoms with Gasteiger partial charge in [0.2, 0.25) is 0 Å². The maximum Gasteiger partial charge on any atom is 0.164 e. The first-order chi connectivity index (χ1) is 13.2. The van der Waals surface area contributed by atoms with E-state index in [2.05, 4.69) is 41.7 Å². The summed E-state index contributed by atoms with van der Waals surface area (Å²) in [7, 11) is 4.95. The van der Waals surface area contributed by atoms with E-state index >= 15 is 0 Å². The van der Waals surface area contributed by atoms with Gasteiger partial charge >= 0.3 is 0 Å². The molecule has 0 bridgehead atoms. The summed E-state index contributed by atoms with van der Waals surface area (Å²) >= 11 is 1.83. The number of ether oxygens (including phenoxy) is 3. The maximum atomic E-state index is 5.49. The smallest absolute Gasteiger partial charge is 0.164 e. The van der Waals surface area contributed by atoms with Gasteiger partial charge in [-0.2, -0.15) is 0 Å². The third-order valence-electron chi connectivity index (χ3n) is 4.38. The monoisotopic (exact) mass is 383 g/mol. The SMILES string of the molecule is COc1cc(OC)c(OC)cc1CCNCc1ccc(-c2ccccc2)s1. The number of thiophene rings is 1. The molecule has 0 aliphatic rings. The molecule has 1 N–H and O–H groups in total. The van der Waals surface area contributed by atoms with E-state index in [4.69, 9.17) is 14.2 Å². The Morgan fingerprint density at radius 1 is 0.815 bits per heavy atom. The zero-order valence-corrected chi connectivity index (χ0v) is 16.8. The Labute approximate surface area is 164 Å². The van der Waals surface area contributed by atoms with Gasteiger partial charge in [0.15, 0.2) is 11.5 Å². The standard InChI is InChI=1S/C22H25NO3S/c1-24-19-14-21(26-3)20(25-2)13-17(19)11-12-23-15-18-9-10-22(27-18)16-7-5-4-6-8-16/h4-10,13-14,23H,11-12,15H2,1-3H3. The van der Waals surface area contributed by atoms with E-state index in [1.54, 1.807) is 21.3 Å². The van der Waals surface area contributed by atoms with Gasteiger partial charge in [0.25, 0.3) is 0 Å². The minimum atomic E-state index is 0.679. The fraction of sp³-hybridized carbons (Fsp3) is 0.273. The van der Waals surface area contributed by atoms with E-state index in [1.807, 2.05) is 29.5 Å². The third kappa shape index (κ3) is 4.81. The molecule has 0 aliphatic carbocycles. The van der Waals surface area contributed by atoms with Crippen molar-refractivity contribution in [3.8, 4) is 27.7 Å². The summed E-state index contributed by atoms with van der Waals surface area (Å²) in [6.07, 6.45) is 0.848. The van der Waals surface area contributed by atoms with Crippen LogP contribution in [0.1, 0.15) is 10.4 Å². The molecular formula is C22H25NO3S. The second-order valence-electron chi connectivity index (χ2n) is 6.08. The summed E-state index contributed by atoms with van der Waals surface area (Å²) < 4.78 is 16.2. The lowest BCUT2D eigenvalue weighted by Crippen LogP contribution is -2.16. The van der Waals surface area contributed by atoms with Crippen molar-refractivity contribution in [2.45, 2.75) is 13.0 Å². The Bertz CT molecular complexity index is 861. The lowest BCUT2D eigenvalue weighted by Gasteiger charge is -2.14. The van der Waals surface area contributed by atoms with E-state index in [0.717, 1.165) is 36.6 Å². The first-order valence-electron chi connectivity index (χ1n) is 8.89. The molecule has 2 aromatic carbocycles. The van der Waals surface area contributed by atoms with E-state index in [-0.39, 0.29) is 0 Å². The van der Waals surface area contributed by atoms with Crippen molar-refractivity contribution >= 4 is 11.3 Å². The van der Waals surface area contributed by atoms with Crippen molar-refractivity contribution in [2.24, 2.45) is 0 Å². The lowest BCUT2D eigenvalue weighted by atomic mass is 10.1. The Balaban J connectivity index is 1.57. The highest BCUT2D eigenvalue weighted by molar-refractivity contribution is 7.15. The Kier molecular flexibility index (Phi) is 6.74. The normalized spacial score (nSPS) is 10.6. The molecule has 4 nitrogen and oxygen atoms in total. The lowest BCUT2D eigenvalue weighted by molar-refractivity contribution is 0.347. The minimum Gasteiger partial charge on any atom is -0.496 e. The summed E-state index contributed by atoms with van der Waals surface area (Å²) in [6.45, 7) is 1.71. The molecule has 0 atom stereocenters. The van der Waals surface area contributed by atoms with Gasteiger partial charge in [-0.05, 0) is 42.3 Å². The summed E-state index contributed by atoms with van der Waals surface area (Å²) in [5.41, 5.74) is 2.36. The Morgan fingerprint density at radius 2 is 1.52 bits per heavy atom. The molecule has 142 valence electrons. The zero-order chi connectivity index (χ0) is 19.1. The molecule has 3 rings (SSSR count). The van der Waals surface area contributed by atoms with Gasteiger partial charge in [0.05, 0.1) is 21.3 Å². The van der Waals surface area contributed by atoms with Gasteiger partial charge in [0.1, 0.15) is 5.75 Å². The van der Waals surface area contributed by atoms with Gasteiger partial charge in [0, 0.05) is 22.4 Å². The van der Waals surface area contributed by atoms with E-state index in [0.29, 0.717) is 5.75 Å². The van der Waals surface area contributed by atoms with Crippen LogP contribution in [0.3, 0.4) is 0 Å². The summed E-state index contributed by atoms with van der Waals surface area (Å²) in [5.74, 6) is 2.22. The molecule has 0 spiro atoms. The van der Waals surface area contributed by atoms with E-state index < -0.39 is 0 Å². The van der Waals surface area contributed by atoms with Crippen LogP contribution in [-0.2, 0) is 13.0 Å². The van der Waals surface area contributed by atoms with Crippen molar-refractivity contribution in [3.63, 3.8) is 0 Å². The second kappa shape index (κ2) is 9.44. The second-order valence-corrected chi connectivity index (χ2v) is 7.25. The molecule has 0 fully saturated rings. The topological polar surface area (TPSA) is 39.7 Å². The highest BCUT2D eigenvalue weighted by atomic mass is 32.1. The summed E-state index contributed by atoms with van der Waals surface area (Å²) in [6, 6.07) is 18.7. The molecule has 0 unspecified atom stereocenters. The zero-order valence-electron chi connectivity index (χ0n) is 16.0. The minimum absolute atomic E-state index is 0.679. The average molecular weight is 384 g/mol. The largest absolute Gasteiger partial charge is 0.496 e. The number of hydrogen-bond donors (Lipinski definition) is 1. The van der Waals surface area contributed by atoms with Gasteiger partial charge in [-0.3, -0.25) is 0 Å². The van der Waals surface area contributed by atoms with Crippen molar-refractivity contribution in [1.29, 1.82) is 0 Å². The van der Waals surface area contributed by atoms with Crippen LogP contribution in [0.25, 0.3) is 10.4 Å². The van der Waals surface area contributed by atoms with Crippen LogP contribution in [0.5, 0.6) is 17.2 Å². The van der Waals surface area contributed by atoms with E-state index in [1.165, 1.54) is 15.3 Å². The molecule has 1 aromatic heterocycles. The van der Waals surface area contributed by atoms with Crippen LogP contribution in [0.2, 0.25) is 0 Å². The molecule has 0 amide bonds. The number of methoxy groups -OCH3 is 3. The molecular weight excluding hydrogens is 358 g/mol. The number of benzene rings is 2. The van der Waals surface area contributed by atoms with Gasteiger partial charge in [-0.25, -0.2) is 0 Å². The van der Waals surface area contributed by atoms with Crippen molar-refractivity contribution in [3.05, 3.63) is 65.0 Å². The van der Waals surface area contributed by atoms with Crippen molar-refractivity contribution in [1.82, 2.24) is 5.32 Å². The van der Waals surface area contributed by atoms with Crippen LogP contribution in [-0.4, -0.2) is 27.9 Å². The summed E-state index contributed by atoms with van der Waals surface area (Å²) in [4.78, 5) is 2.63. The first kappa shape index (κ1) is 19.3. The molecule has 1 heterocycles.